The van der Waals surface area contributed by atoms with E-state index in [1.807, 2.05) is 4.52 Å². The van der Waals surface area contributed by atoms with Crippen molar-refractivity contribution in [2.75, 3.05) is 6.54 Å². The van der Waals surface area contributed by atoms with Crippen LogP contribution < -0.4 is 5.73 Å². The number of piperidine rings is 1. The van der Waals surface area contributed by atoms with Gasteiger partial charge in [-0.25, -0.2) is 14.5 Å². The molecule has 2 unspecified atom stereocenters. The van der Waals surface area contributed by atoms with Crippen molar-refractivity contribution in [1.29, 1.82) is 0 Å². The van der Waals surface area contributed by atoms with E-state index in [4.69, 9.17) is 10.7 Å². The Morgan fingerprint density at radius 2 is 2.00 bits per heavy atom. The fourth-order valence-electron chi connectivity index (χ4n) is 5.43. The average molecular weight is 466 g/mol. The van der Waals surface area contributed by atoms with Crippen LogP contribution in [-0.2, 0) is 6.42 Å². The van der Waals surface area contributed by atoms with Crippen molar-refractivity contribution in [3.8, 4) is 11.3 Å². The van der Waals surface area contributed by atoms with Crippen LogP contribution in [0.3, 0.4) is 0 Å². The van der Waals surface area contributed by atoms with Crippen LogP contribution in [0.25, 0.3) is 27.3 Å². The smallest absolute Gasteiger partial charge is 0.158 e. The van der Waals surface area contributed by atoms with E-state index in [2.05, 4.69) is 67.7 Å². The zero-order valence-corrected chi connectivity index (χ0v) is 21.3. The lowest BCUT2D eigenvalue weighted by molar-refractivity contribution is 0.101. The third-order valence-corrected chi connectivity index (χ3v) is 8.28. The van der Waals surface area contributed by atoms with Crippen LogP contribution in [0.4, 0.5) is 0 Å². The zero-order valence-electron chi connectivity index (χ0n) is 20.5. The highest BCUT2D eigenvalue weighted by Gasteiger charge is 2.30. The largest absolute Gasteiger partial charge is 0.345 e. The Labute approximate surface area is 199 Å². The summed E-state index contributed by atoms with van der Waals surface area (Å²) in [7, 11) is 0. The normalized spacial score (nSPS) is 20.2. The van der Waals surface area contributed by atoms with Crippen molar-refractivity contribution in [3.05, 3.63) is 34.2 Å². The van der Waals surface area contributed by atoms with E-state index < -0.39 is 0 Å². The maximum absolute atomic E-state index is 6.34. The lowest BCUT2D eigenvalue weighted by atomic mass is 9.94. The van der Waals surface area contributed by atoms with Crippen LogP contribution in [-0.4, -0.2) is 54.1 Å². The summed E-state index contributed by atoms with van der Waals surface area (Å²) in [5.41, 5.74) is 14.4. The molecule has 0 radical (unpaired) electrons. The van der Waals surface area contributed by atoms with Gasteiger partial charge in [-0.1, -0.05) is 13.8 Å². The number of aryl methyl sites for hydroxylation is 1. The van der Waals surface area contributed by atoms with Gasteiger partial charge in [0.05, 0.1) is 10.7 Å². The van der Waals surface area contributed by atoms with Crippen LogP contribution in [0.5, 0.6) is 0 Å². The summed E-state index contributed by atoms with van der Waals surface area (Å²) in [5, 5.41) is 5.60. The fraction of sp³-hybridized carbons (Fsp3) is 0.560. The lowest BCUT2D eigenvalue weighted by Gasteiger charge is -2.40. The molecule has 0 amide bonds. The second-order valence-corrected chi connectivity index (χ2v) is 11.2. The fourth-order valence-corrected chi connectivity index (χ4v) is 6.48. The third-order valence-electron chi connectivity index (χ3n) is 7.28. The molecule has 0 spiro atoms. The summed E-state index contributed by atoms with van der Waals surface area (Å²) in [5.74, 6) is 0.352. The van der Waals surface area contributed by atoms with Gasteiger partial charge in [0.25, 0.3) is 0 Å². The molecular weight excluding hydrogens is 430 g/mol. The molecule has 0 bridgehead atoms. The number of aromatic nitrogens is 5. The first kappa shape index (κ1) is 22.5. The molecule has 176 valence electrons. The Morgan fingerprint density at radius 3 is 2.73 bits per heavy atom. The van der Waals surface area contributed by atoms with E-state index in [1.165, 1.54) is 21.7 Å². The van der Waals surface area contributed by atoms with Gasteiger partial charge in [-0.3, -0.25) is 4.90 Å². The molecule has 0 aromatic carbocycles. The molecule has 7 nitrogen and oxygen atoms in total. The number of rotatable bonds is 5. The van der Waals surface area contributed by atoms with Gasteiger partial charge in [0.15, 0.2) is 5.65 Å². The quantitative estimate of drug-likeness (QED) is 0.441. The van der Waals surface area contributed by atoms with E-state index in [9.17, 15) is 0 Å². The maximum Gasteiger partial charge on any atom is 0.158 e. The van der Waals surface area contributed by atoms with E-state index in [0.717, 1.165) is 53.1 Å². The number of pyridine rings is 1. The Bertz CT molecular complexity index is 1300. The van der Waals surface area contributed by atoms with Gasteiger partial charge in [0.2, 0.25) is 0 Å². The second-order valence-electron chi connectivity index (χ2n) is 10.1. The molecule has 5 heterocycles. The van der Waals surface area contributed by atoms with Crippen molar-refractivity contribution >= 4 is 27.3 Å². The summed E-state index contributed by atoms with van der Waals surface area (Å²) in [6.07, 6.45) is 6.81. The SMILES string of the molecule is Cc1c(-c2[nH]c3sc(CC4CC(N)CCN4C(C)C)nc3c2C(C)C)cn2ncnc2c1C. The predicted molar refractivity (Wildman–Crippen MR) is 136 cm³/mol. The van der Waals surface area contributed by atoms with Gasteiger partial charge in [0, 0.05) is 48.4 Å². The van der Waals surface area contributed by atoms with Crippen LogP contribution in [0.1, 0.15) is 68.2 Å². The molecule has 2 atom stereocenters. The number of fused-ring (bicyclic) bond motifs is 2. The summed E-state index contributed by atoms with van der Waals surface area (Å²) >= 11 is 1.80. The highest BCUT2D eigenvalue weighted by molar-refractivity contribution is 7.18. The first-order valence-corrected chi connectivity index (χ1v) is 12.9. The molecule has 1 aliphatic rings. The first-order chi connectivity index (χ1) is 15.7. The summed E-state index contributed by atoms with van der Waals surface area (Å²) in [6, 6.07) is 1.29. The van der Waals surface area contributed by atoms with E-state index in [1.54, 1.807) is 17.7 Å². The molecule has 3 N–H and O–H groups in total. The van der Waals surface area contributed by atoms with Crippen LogP contribution in [0.2, 0.25) is 0 Å². The van der Waals surface area contributed by atoms with E-state index >= 15 is 0 Å². The van der Waals surface area contributed by atoms with Gasteiger partial charge in [-0.2, -0.15) is 5.10 Å². The van der Waals surface area contributed by atoms with Gasteiger partial charge in [-0.15, -0.1) is 11.3 Å². The van der Waals surface area contributed by atoms with Crippen molar-refractivity contribution < 1.29 is 0 Å². The maximum atomic E-state index is 6.34. The lowest BCUT2D eigenvalue weighted by Crippen LogP contribution is -2.50. The Hall–Kier alpha value is -2.29. The molecule has 0 saturated carbocycles. The molecule has 8 heteroatoms. The summed E-state index contributed by atoms with van der Waals surface area (Å²) < 4.78 is 1.88. The number of hydrogen-bond acceptors (Lipinski definition) is 6. The molecule has 1 aliphatic heterocycles. The standard InChI is InChI=1S/C25H35N7S/c1-13(2)21-22(19-11-32-24(27-12-28-32)16(6)15(19)5)30-25-23(21)29-20(33-25)10-18-9-17(26)7-8-31(18)14(3)4/h11-14,17-18,30H,7-10,26H2,1-6H3. The number of nitrogens with zero attached hydrogens (tertiary/aromatic N) is 5. The third kappa shape index (κ3) is 3.88. The van der Waals surface area contributed by atoms with Crippen LogP contribution in [0.15, 0.2) is 12.5 Å². The van der Waals surface area contributed by atoms with E-state index in [-0.39, 0.29) is 0 Å². The molecular formula is C25H35N7S. The first-order valence-electron chi connectivity index (χ1n) is 12.1. The number of aromatic amines is 1. The highest BCUT2D eigenvalue weighted by Crippen LogP contribution is 2.40. The number of hydrogen-bond donors (Lipinski definition) is 2. The highest BCUT2D eigenvalue weighted by atomic mass is 32.1. The van der Waals surface area contributed by atoms with Gasteiger partial charge < -0.3 is 10.7 Å². The zero-order chi connectivity index (χ0) is 23.4. The van der Waals surface area contributed by atoms with Crippen molar-refractivity contribution in [1.82, 2.24) is 29.5 Å². The average Bonchev–Trinajstić information content (AvgIpc) is 3.44. The molecule has 33 heavy (non-hydrogen) atoms. The number of nitrogens with two attached hydrogens (primary N) is 1. The minimum atomic E-state index is 0.297. The Balaban J connectivity index is 1.55. The van der Waals surface area contributed by atoms with Crippen molar-refractivity contribution in [3.63, 3.8) is 0 Å². The number of H-pyrrole nitrogens is 1. The van der Waals surface area contributed by atoms with E-state index in [0.29, 0.717) is 24.0 Å². The summed E-state index contributed by atoms with van der Waals surface area (Å²) in [4.78, 5) is 17.1. The number of likely N-dealkylation sites (tertiary alicyclic amines) is 1. The monoisotopic (exact) mass is 465 g/mol. The molecule has 0 aliphatic carbocycles. The molecule has 5 rings (SSSR count). The predicted octanol–water partition coefficient (Wildman–Crippen LogP) is 4.82. The second kappa shape index (κ2) is 8.49. The van der Waals surface area contributed by atoms with Gasteiger partial charge in [0.1, 0.15) is 16.7 Å². The van der Waals surface area contributed by atoms with Gasteiger partial charge >= 0.3 is 0 Å². The Morgan fingerprint density at radius 1 is 1.21 bits per heavy atom. The number of nitrogens with one attached hydrogen (secondary N) is 1. The van der Waals surface area contributed by atoms with Gasteiger partial charge in [-0.05, 0) is 57.6 Å². The number of thiazole rings is 1. The van der Waals surface area contributed by atoms with Crippen LogP contribution in [0, 0.1) is 13.8 Å². The van der Waals surface area contributed by atoms with Crippen molar-refractivity contribution in [2.45, 2.75) is 84.8 Å². The molecule has 1 saturated heterocycles. The minimum Gasteiger partial charge on any atom is -0.345 e. The topological polar surface area (TPSA) is 88.1 Å². The molecule has 1 fully saturated rings. The van der Waals surface area contributed by atoms with Crippen molar-refractivity contribution in [2.24, 2.45) is 5.73 Å². The molecule has 4 aromatic rings. The van der Waals surface area contributed by atoms with Crippen LogP contribution >= 0.6 is 11.3 Å². The minimum absolute atomic E-state index is 0.297. The summed E-state index contributed by atoms with van der Waals surface area (Å²) in [6.45, 7) is 14.4. The Kier molecular flexibility index (Phi) is 5.79. The molecule has 4 aromatic heterocycles.